The van der Waals surface area contributed by atoms with Gasteiger partial charge in [-0.3, -0.25) is 0 Å². The first-order valence-corrected chi connectivity index (χ1v) is 7.72. The van der Waals surface area contributed by atoms with Gasteiger partial charge in [-0.2, -0.15) is 0 Å². The number of hydrogen-bond acceptors (Lipinski definition) is 6. The lowest BCUT2D eigenvalue weighted by atomic mass is 9.96. The summed E-state index contributed by atoms with van der Waals surface area (Å²) in [7, 11) is 1.89. The zero-order valence-electron chi connectivity index (χ0n) is 13.4. The maximum atomic E-state index is 4.62. The molecule has 1 aliphatic rings. The lowest BCUT2D eigenvalue weighted by molar-refractivity contribution is 0.482. The number of aryl methyl sites for hydroxylation is 2. The van der Waals surface area contributed by atoms with Crippen LogP contribution < -0.4 is 10.2 Å². The van der Waals surface area contributed by atoms with E-state index in [0.717, 1.165) is 54.8 Å². The summed E-state index contributed by atoms with van der Waals surface area (Å²) < 4.78 is 0. The molecule has 0 radical (unpaired) electrons. The highest BCUT2D eigenvalue weighted by Crippen LogP contribution is 2.28. The van der Waals surface area contributed by atoms with Gasteiger partial charge in [0.2, 0.25) is 0 Å². The maximum Gasteiger partial charge on any atom is 0.134 e. The molecule has 0 aromatic carbocycles. The number of aromatic nitrogens is 4. The van der Waals surface area contributed by atoms with Crippen molar-refractivity contribution in [2.45, 2.75) is 32.6 Å². The molecule has 116 valence electrons. The summed E-state index contributed by atoms with van der Waals surface area (Å²) in [6.45, 7) is 5.98. The van der Waals surface area contributed by atoms with Crippen LogP contribution in [0.1, 0.15) is 36.0 Å². The first-order valence-electron chi connectivity index (χ1n) is 7.72. The molecule has 2 aromatic heterocycles. The molecule has 0 amide bonds. The van der Waals surface area contributed by atoms with Crippen LogP contribution in [0, 0.1) is 13.8 Å². The van der Waals surface area contributed by atoms with Crippen LogP contribution in [0.2, 0.25) is 0 Å². The standard InChI is InChI=1S/C16H22N6/c1-11-9-15(19-10-18-11)22-6-4-13(5-7-22)16-20-12(2)8-14(17-3)21-16/h8-10,13H,4-7H2,1-3H3,(H,17,20,21). The molecular weight excluding hydrogens is 276 g/mol. The first-order chi connectivity index (χ1) is 10.7. The Hall–Kier alpha value is -2.24. The number of piperidine rings is 1. The molecule has 0 spiro atoms. The second-order valence-electron chi connectivity index (χ2n) is 5.78. The second-order valence-corrected chi connectivity index (χ2v) is 5.78. The molecule has 0 aliphatic carbocycles. The predicted molar refractivity (Wildman–Crippen MR) is 87.3 cm³/mol. The average Bonchev–Trinajstić information content (AvgIpc) is 2.54. The van der Waals surface area contributed by atoms with E-state index in [9.17, 15) is 0 Å². The van der Waals surface area contributed by atoms with Crippen molar-refractivity contribution in [2.75, 3.05) is 30.4 Å². The Balaban J connectivity index is 1.70. The van der Waals surface area contributed by atoms with Gasteiger partial charge in [0.1, 0.15) is 23.8 Å². The van der Waals surface area contributed by atoms with Crippen LogP contribution in [0.15, 0.2) is 18.5 Å². The van der Waals surface area contributed by atoms with Crippen LogP contribution in [0.25, 0.3) is 0 Å². The molecule has 1 N–H and O–H groups in total. The third-order valence-electron chi connectivity index (χ3n) is 4.10. The third kappa shape index (κ3) is 3.16. The number of hydrogen-bond donors (Lipinski definition) is 1. The molecule has 3 rings (SSSR count). The van der Waals surface area contributed by atoms with E-state index in [1.807, 2.05) is 33.0 Å². The second kappa shape index (κ2) is 6.25. The zero-order chi connectivity index (χ0) is 15.5. The molecular formula is C16H22N6. The van der Waals surface area contributed by atoms with Crippen LogP contribution in [-0.2, 0) is 0 Å². The fraction of sp³-hybridized carbons (Fsp3) is 0.500. The number of nitrogens with one attached hydrogen (secondary N) is 1. The van der Waals surface area contributed by atoms with Gasteiger partial charge in [-0.15, -0.1) is 0 Å². The SMILES string of the molecule is CNc1cc(C)nc(C2CCN(c3cc(C)ncn3)CC2)n1. The largest absolute Gasteiger partial charge is 0.373 e. The van der Waals surface area contributed by atoms with Crippen LogP contribution in [-0.4, -0.2) is 40.1 Å². The van der Waals surface area contributed by atoms with Gasteiger partial charge in [0.25, 0.3) is 0 Å². The summed E-state index contributed by atoms with van der Waals surface area (Å²) in [6.07, 6.45) is 3.74. The van der Waals surface area contributed by atoms with E-state index in [2.05, 4.69) is 30.2 Å². The maximum absolute atomic E-state index is 4.62. The number of anilines is 2. The van der Waals surface area contributed by atoms with Crippen molar-refractivity contribution in [2.24, 2.45) is 0 Å². The lowest BCUT2D eigenvalue weighted by Crippen LogP contribution is -2.34. The minimum absolute atomic E-state index is 0.422. The molecule has 1 saturated heterocycles. The lowest BCUT2D eigenvalue weighted by Gasteiger charge is -2.32. The van der Waals surface area contributed by atoms with Gasteiger partial charge >= 0.3 is 0 Å². The first kappa shape index (κ1) is 14.7. The Kier molecular flexibility index (Phi) is 4.18. The third-order valence-corrected chi connectivity index (χ3v) is 4.10. The highest BCUT2D eigenvalue weighted by molar-refractivity contribution is 5.40. The minimum atomic E-state index is 0.422. The quantitative estimate of drug-likeness (QED) is 0.938. The van der Waals surface area contributed by atoms with E-state index in [-0.39, 0.29) is 0 Å². The summed E-state index contributed by atoms with van der Waals surface area (Å²) in [5, 5.41) is 3.11. The van der Waals surface area contributed by atoms with E-state index in [1.165, 1.54) is 0 Å². The Morgan fingerprint density at radius 3 is 2.50 bits per heavy atom. The van der Waals surface area contributed by atoms with E-state index >= 15 is 0 Å². The molecule has 1 fully saturated rings. The summed E-state index contributed by atoms with van der Waals surface area (Å²) >= 11 is 0. The van der Waals surface area contributed by atoms with Crippen molar-refractivity contribution in [3.63, 3.8) is 0 Å². The molecule has 6 nitrogen and oxygen atoms in total. The molecule has 0 unspecified atom stereocenters. The van der Waals surface area contributed by atoms with Gasteiger partial charge in [-0.25, -0.2) is 19.9 Å². The molecule has 3 heterocycles. The molecule has 0 bridgehead atoms. The molecule has 6 heteroatoms. The van der Waals surface area contributed by atoms with Crippen molar-refractivity contribution in [3.8, 4) is 0 Å². The van der Waals surface area contributed by atoms with Gasteiger partial charge in [-0.1, -0.05) is 0 Å². The fourth-order valence-corrected chi connectivity index (χ4v) is 2.88. The van der Waals surface area contributed by atoms with E-state index in [1.54, 1.807) is 6.33 Å². The van der Waals surface area contributed by atoms with Crippen molar-refractivity contribution < 1.29 is 0 Å². The van der Waals surface area contributed by atoms with Crippen molar-refractivity contribution in [1.29, 1.82) is 0 Å². The van der Waals surface area contributed by atoms with E-state index < -0.39 is 0 Å². The highest BCUT2D eigenvalue weighted by atomic mass is 15.2. The molecule has 0 atom stereocenters. The minimum Gasteiger partial charge on any atom is -0.373 e. The zero-order valence-corrected chi connectivity index (χ0v) is 13.4. The van der Waals surface area contributed by atoms with Crippen LogP contribution in [0.4, 0.5) is 11.6 Å². The van der Waals surface area contributed by atoms with Gasteiger partial charge in [0, 0.05) is 49.6 Å². The van der Waals surface area contributed by atoms with E-state index in [4.69, 9.17) is 0 Å². The van der Waals surface area contributed by atoms with Crippen LogP contribution in [0.3, 0.4) is 0 Å². The van der Waals surface area contributed by atoms with E-state index in [0.29, 0.717) is 5.92 Å². The Bertz CT molecular complexity index is 649. The van der Waals surface area contributed by atoms with Crippen molar-refractivity contribution >= 4 is 11.6 Å². The normalized spacial score (nSPS) is 15.9. The Morgan fingerprint density at radius 1 is 1.05 bits per heavy atom. The Labute approximate surface area is 131 Å². The summed E-state index contributed by atoms with van der Waals surface area (Å²) in [6, 6.07) is 4.02. The van der Waals surface area contributed by atoms with Crippen LogP contribution in [0.5, 0.6) is 0 Å². The molecule has 22 heavy (non-hydrogen) atoms. The Morgan fingerprint density at radius 2 is 1.82 bits per heavy atom. The monoisotopic (exact) mass is 298 g/mol. The molecule has 1 aliphatic heterocycles. The van der Waals surface area contributed by atoms with Gasteiger partial charge in [-0.05, 0) is 26.7 Å². The van der Waals surface area contributed by atoms with Crippen LogP contribution >= 0.6 is 0 Å². The number of rotatable bonds is 3. The average molecular weight is 298 g/mol. The number of nitrogens with zero attached hydrogens (tertiary/aromatic N) is 5. The molecule has 0 saturated carbocycles. The van der Waals surface area contributed by atoms with Gasteiger partial charge in [0.15, 0.2) is 0 Å². The predicted octanol–water partition coefficient (Wildman–Crippen LogP) is 2.31. The smallest absolute Gasteiger partial charge is 0.134 e. The summed E-state index contributed by atoms with van der Waals surface area (Å²) in [5.74, 6) is 3.30. The van der Waals surface area contributed by atoms with Gasteiger partial charge in [0.05, 0.1) is 0 Å². The van der Waals surface area contributed by atoms with Crippen molar-refractivity contribution in [1.82, 2.24) is 19.9 Å². The topological polar surface area (TPSA) is 66.8 Å². The van der Waals surface area contributed by atoms with Crippen molar-refractivity contribution in [3.05, 3.63) is 35.7 Å². The summed E-state index contributed by atoms with van der Waals surface area (Å²) in [4.78, 5) is 20.1. The molecule has 2 aromatic rings. The fourth-order valence-electron chi connectivity index (χ4n) is 2.88. The summed E-state index contributed by atoms with van der Waals surface area (Å²) in [5.41, 5.74) is 2.02. The van der Waals surface area contributed by atoms with Gasteiger partial charge < -0.3 is 10.2 Å². The highest BCUT2D eigenvalue weighted by Gasteiger charge is 2.24.